The summed E-state index contributed by atoms with van der Waals surface area (Å²) in [5.41, 5.74) is 5.42. The van der Waals surface area contributed by atoms with E-state index >= 15 is 0 Å². The molecule has 2 atom stereocenters. The summed E-state index contributed by atoms with van der Waals surface area (Å²) in [5, 5.41) is 12.3. The lowest BCUT2D eigenvalue weighted by Crippen LogP contribution is -2.39. The Morgan fingerprint density at radius 2 is 1.94 bits per heavy atom. The third-order valence-corrected chi connectivity index (χ3v) is 3.44. The smallest absolute Gasteiger partial charge is 0.320 e. The molecule has 4 heteroatoms. The average molecular weight is 258 g/mol. The SMILES string of the molecule is CCCCC(CC)CN[C@@H](CCCCN)C(=O)O. The lowest BCUT2D eigenvalue weighted by Gasteiger charge is -2.19. The van der Waals surface area contributed by atoms with Crippen LogP contribution in [0.2, 0.25) is 0 Å². The molecule has 0 bridgehead atoms. The predicted molar refractivity (Wildman–Crippen MR) is 75.6 cm³/mol. The molecule has 0 heterocycles. The highest BCUT2D eigenvalue weighted by Gasteiger charge is 2.17. The van der Waals surface area contributed by atoms with Crippen molar-refractivity contribution >= 4 is 5.97 Å². The first-order valence-electron chi connectivity index (χ1n) is 7.31. The fourth-order valence-electron chi connectivity index (χ4n) is 2.06. The molecule has 0 rings (SSSR count). The van der Waals surface area contributed by atoms with Gasteiger partial charge in [-0.25, -0.2) is 0 Å². The number of carboxylic acids is 1. The molecule has 0 aromatic carbocycles. The lowest BCUT2D eigenvalue weighted by atomic mass is 9.98. The van der Waals surface area contributed by atoms with E-state index in [1.54, 1.807) is 0 Å². The van der Waals surface area contributed by atoms with E-state index in [4.69, 9.17) is 10.8 Å². The summed E-state index contributed by atoms with van der Waals surface area (Å²) < 4.78 is 0. The minimum atomic E-state index is -0.739. The van der Waals surface area contributed by atoms with Crippen molar-refractivity contribution < 1.29 is 9.90 Å². The van der Waals surface area contributed by atoms with E-state index in [1.807, 2.05) is 0 Å². The van der Waals surface area contributed by atoms with Crippen LogP contribution >= 0.6 is 0 Å². The summed E-state index contributed by atoms with van der Waals surface area (Å²) in [6, 6.07) is -0.410. The van der Waals surface area contributed by atoms with Gasteiger partial charge in [-0.2, -0.15) is 0 Å². The Kier molecular flexibility index (Phi) is 11.1. The largest absolute Gasteiger partial charge is 0.480 e. The van der Waals surface area contributed by atoms with Crippen molar-refractivity contribution in [1.29, 1.82) is 0 Å². The number of unbranched alkanes of at least 4 members (excludes halogenated alkanes) is 2. The Labute approximate surface area is 111 Å². The summed E-state index contributed by atoms with van der Waals surface area (Å²) in [6.07, 6.45) is 7.19. The van der Waals surface area contributed by atoms with Gasteiger partial charge in [-0.1, -0.05) is 39.5 Å². The van der Waals surface area contributed by atoms with Crippen molar-refractivity contribution in [3.8, 4) is 0 Å². The maximum Gasteiger partial charge on any atom is 0.320 e. The number of carbonyl (C=O) groups is 1. The van der Waals surface area contributed by atoms with E-state index in [9.17, 15) is 4.79 Å². The van der Waals surface area contributed by atoms with Crippen molar-refractivity contribution in [2.24, 2.45) is 11.7 Å². The molecule has 0 aromatic heterocycles. The zero-order valence-electron chi connectivity index (χ0n) is 12.0. The van der Waals surface area contributed by atoms with Crippen LogP contribution in [0.3, 0.4) is 0 Å². The van der Waals surface area contributed by atoms with Gasteiger partial charge in [0, 0.05) is 0 Å². The van der Waals surface area contributed by atoms with Crippen molar-refractivity contribution in [2.45, 2.75) is 64.8 Å². The topological polar surface area (TPSA) is 75.3 Å². The van der Waals surface area contributed by atoms with Crippen LogP contribution in [0, 0.1) is 5.92 Å². The quantitative estimate of drug-likeness (QED) is 0.470. The molecule has 108 valence electrons. The van der Waals surface area contributed by atoms with Gasteiger partial charge in [0.25, 0.3) is 0 Å². The second kappa shape index (κ2) is 11.5. The minimum Gasteiger partial charge on any atom is -0.480 e. The van der Waals surface area contributed by atoms with Crippen LogP contribution in [-0.4, -0.2) is 30.2 Å². The van der Waals surface area contributed by atoms with Gasteiger partial charge in [-0.3, -0.25) is 4.79 Å². The van der Waals surface area contributed by atoms with Gasteiger partial charge in [0.15, 0.2) is 0 Å². The number of carboxylic acid groups (broad SMARTS) is 1. The number of hydrogen-bond donors (Lipinski definition) is 3. The first-order chi connectivity index (χ1) is 8.65. The molecule has 0 fully saturated rings. The van der Waals surface area contributed by atoms with E-state index in [2.05, 4.69) is 19.2 Å². The minimum absolute atomic E-state index is 0.410. The number of aliphatic carboxylic acids is 1. The third-order valence-electron chi connectivity index (χ3n) is 3.44. The maximum absolute atomic E-state index is 11.1. The van der Waals surface area contributed by atoms with Crippen molar-refractivity contribution in [3.63, 3.8) is 0 Å². The maximum atomic E-state index is 11.1. The van der Waals surface area contributed by atoms with Gasteiger partial charge >= 0.3 is 5.97 Å². The number of rotatable bonds is 12. The van der Waals surface area contributed by atoms with Crippen LogP contribution in [0.15, 0.2) is 0 Å². The van der Waals surface area contributed by atoms with Crippen LogP contribution < -0.4 is 11.1 Å². The molecule has 0 aliphatic carbocycles. The Balaban J connectivity index is 3.95. The van der Waals surface area contributed by atoms with Crippen LogP contribution in [0.25, 0.3) is 0 Å². The van der Waals surface area contributed by atoms with E-state index in [1.165, 1.54) is 19.3 Å². The monoisotopic (exact) mass is 258 g/mol. The standard InChI is InChI=1S/C14H30N2O2/c1-3-5-8-12(4-2)11-16-13(14(17)18)9-6-7-10-15/h12-13,16H,3-11,15H2,1-2H3,(H,17,18)/t12?,13-/m0/s1. The van der Waals surface area contributed by atoms with Crippen molar-refractivity contribution in [2.75, 3.05) is 13.1 Å². The van der Waals surface area contributed by atoms with Crippen LogP contribution in [0.5, 0.6) is 0 Å². The molecule has 0 amide bonds. The second-order valence-corrected chi connectivity index (χ2v) is 5.00. The number of nitrogens with two attached hydrogens (primary N) is 1. The van der Waals surface area contributed by atoms with Crippen LogP contribution in [0.4, 0.5) is 0 Å². The van der Waals surface area contributed by atoms with Gasteiger partial charge in [-0.15, -0.1) is 0 Å². The number of nitrogens with one attached hydrogen (secondary N) is 1. The summed E-state index contributed by atoms with van der Waals surface area (Å²) in [5.74, 6) is -0.140. The molecule has 0 saturated heterocycles. The molecule has 1 unspecified atom stereocenters. The molecule has 0 saturated carbocycles. The molecule has 0 spiro atoms. The Hall–Kier alpha value is -0.610. The second-order valence-electron chi connectivity index (χ2n) is 5.00. The third kappa shape index (κ3) is 8.48. The summed E-state index contributed by atoms with van der Waals surface area (Å²) >= 11 is 0. The van der Waals surface area contributed by atoms with Gasteiger partial charge in [0.2, 0.25) is 0 Å². The molecule has 0 radical (unpaired) electrons. The molecule has 4 nitrogen and oxygen atoms in total. The number of hydrogen-bond acceptors (Lipinski definition) is 3. The Bertz CT molecular complexity index is 210. The fourth-order valence-corrected chi connectivity index (χ4v) is 2.06. The highest BCUT2D eigenvalue weighted by molar-refractivity contribution is 5.73. The Morgan fingerprint density at radius 1 is 1.22 bits per heavy atom. The van der Waals surface area contributed by atoms with Gasteiger partial charge in [0.1, 0.15) is 6.04 Å². The molecule has 0 aliphatic rings. The first kappa shape index (κ1) is 17.4. The van der Waals surface area contributed by atoms with Crippen molar-refractivity contribution in [1.82, 2.24) is 5.32 Å². The van der Waals surface area contributed by atoms with Gasteiger partial charge in [0.05, 0.1) is 0 Å². The predicted octanol–water partition coefficient (Wildman–Crippen LogP) is 2.37. The van der Waals surface area contributed by atoms with Crippen LogP contribution in [-0.2, 0) is 4.79 Å². The van der Waals surface area contributed by atoms with Gasteiger partial charge in [-0.05, 0) is 38.3 Å². The molecule has 18 heavy (non-hydrogen) atoms. The van der Waals surface area contributed by atoms with E-state index in [0.717, 1.165) is 25.8 Å². The zero-order valence-corrected chi connectivity index (χ0v) is 12.0. The molecular weight excluding hydrogens is 228 g/mol. The van der Waals surface area contributed by atoms with E-state index in [0.29, 0.717) is 18.9 Å². The van der Waals surface area contributed by atoms with E-state index in [-0.39, 0.29) is 0 Å². The highest BCUT2D eigenvalue weighted by atomic mass is 16.4. The lowest BCUT2D eigenvalue weighted by molar-refractivity contribution is -0.139. The average Bonchev–Trinajstić information content (AvgIpc) is 2.36. The fraction of sp³-hybridized carbons (Fsp3) is 0.929. The summed E-state index contributed by atoms with van der Waals surface area (Å²) in [4.78, 5) is 11.1. The zero-order chi connectivity index (χ0) is 13.8. The van der Waals surface area contributed by atoms with E-state index < -0.39 is 12.0 Å². The van der Waals surface area contributed by atoms with Gasteiger partial charge < -0.3 is 16.2 Å². The normalized spacial score (nSPS) is 14.4. The molecule has 0 aromatic rings. The van der Waals surface area contributed by atoms with Crippen LogP contribution in [0.1, 0.15) is 58.8 Å². The Morgan fingerprint density at radius 3 is 2.44 bits per heavy atom. The molecule has 4 N–H and O–H groups in total. The first-order valence-corrected chi connectivity index (χ1v) is 7.31. The molecular formula is C14H30N2O2. The van der Waals surface area contributed by atoms with Crippen molar-refractivity contribution in [3.05, 3.63) is 0 Å². The summed E-state index contributed by atoms with van der Waals surface area (Å²) in [7, 11) is 0. The highest BCUT2D eigenvalue weighted by Crippen LogP contribution is 2.12. The summed E-state index contributed by atoms with van der Waals surface area (Å²) in [6.45, 7) is 5.82. The molecule has 0 aliphatic heterocycles.